The molecule has 0 amide bonds. The number of anilines is 1. The van der Waals surface area contributed by atoms with E-state index in [-0.39, 0.29) is 0 Å². The molecule has 0 atom stereocenters. The Morgan fingerprint density at radius 3 is 2.90 bits per heavy atom. The lowest BCUT2D eigenvalue weighted by molar-refractivity contribution is 0.580. The van der Waals surface area contributed by atoms with Crippen LogP contribution in [0.1, 0.15) is 17.9 Å². The molecular weight excluding hydrogens is 272 g/mol. The number of aromatic nitrogens is 4. The van der Waals surface area contributed by atoms with Gasteiger partial charge in [-0.25, -0.2) is 0 Å². The Labute approximate surface area is 122 Å². The van der Waals surface area contributed by atoms with E-state index in [9.17, 15) is 0 Å². The highest BCUT2D eigenvalue weighted by molar-refractivity contribution is 7.99. The van der Waals surface area contributed by atoms with Crippen LogP contribution in [0.15, 0.2) is 4.90 Å². The normalized spacial score (nSPS) is 19.4. The van der Waals surface area contributed by atoms with Crippen molar-refractivity contribution in [2.45, 2.75) is 24.7 Å². The Balaban J connectivity index is 1.91. The highest BCUT2D eigenvalue weighted by atomic mass is 32.2. The van der Waals surface area contributed by atoms with E-state index < -0.39 is 0 Å². The largest absolute Gasteiger partial charge is 0.353 e. The molecular formula is C13H18N6S. The summed E-state index contributed by atoms with van der Waals surface area (Å²) in [7, 11) is 0. The first-order valence-electron chi connectivity index (χ1n) is 7.17. The molecule has 0 spiro atoms. The van der Waals surface area contributed by atoms with Crippen LogP contribution in [0.4, 0.5) is 5.82 Å². The second kappa shape index (κ2) is 4.89. The number of rotatable bonds is 1. The van der Waals surface area contributed by atoms with Crippen LogP contribution in [-0.4, -0.2) is 51.5 Å². The maximum absolute atomic E-state index is 4.80. The molecule has 7 heteroatoms. The highest BCUT2D eigenvalue weighted by Crippen LogP contribution is 2.37. The van der Waals surface area contributed by atoms with Crippen molar-refractivity contribution in [3.63, 3.8) is 0 Å². The third-order valence-corrected chi connectivity index (χ3v) is 5.17. The summed E-state index contributed by atoms with van der Waals surface area (Å²) in [4.78, 5) is 8.53. The summed E-state index contributed by atoms with van der Waals surface area (Å²) in [5.41, 5.74) is 1.35. The van der Waals surface area contributed by atoms with E-state index in [1.807, 2.05) is 18.7 Å². The summed E-state index contributed by atoms with van der Waals surface area (Å²) in [6.45, 7) is 6.09. The predicted octanol–water partition coefficient (Wildman–Crippen LogP) is 0.881. The summed E-state index contributed by atoms with van der Waals surface area (Å²) < 4.78 is 2.13. The maximum Gasteiger partial charge on any atom is 0.257 e. The SMILES string of the molecule is Cc1nnc2nc(N3CCNCC3)c3c(n12)CCCS3. The Bertz CT molecular complexity index is 646. The van der Waals surface area contributed by atoms with E-state index in [0.717, 1.165) is 50.0 Å². The highest BCUT2D eigenvalue weighted by Gasteiger charge is 2.25. The fraction of sp³-hybridized carbons (Fsp3) is 0.615. The second-order valence-electron chi connectivity index (χ2n) is 5.28. The van der Waals surface area contributed by atoms with Crippen LogP contribution in [-0.2, 0) is 6.42 Å². The number of thioether (sulfide) groups is 1. The van der Waals surface area contributed by atoms with E-state index in [1.54, 1.807) is 0 Å². The van der Waals surface area contributed by atoms with E-state index in [0.29, 0.717) is 0 Å². The zero-order valence-electron chi connectivity index (χ0n) is 11.6. The van der Waals surface area contributed by atoms with Crippen LogP contribution < -0.4 is 10.2 Å². The van der Waals surface area contributed by atoms with E-state index in [4.69, 9.17) is 4.98 Å². The van der Waals surface area contributed by atoms with Crippen molar-refractivity contribution in [3.05, 3.63) is 11.5 Å². The van der Waals surface area contributed by atoms with E-state index in [2.05, 4.69) is 24.8 Å². The Morgan fingerprint density at radius 2 is 2.05 bits per heavy atom. The van der Waals surface area contributed by atoms with Crippen molar-refractivity contribution in [1.29, 1.82) is 0 Å². The van der Waals surface area contributed by atoms with Gasteiger partial charge < -0.3 is 10.2 Å². The molecule has 4 heterocycles. The molecule has 1 N–H and O–H groups in total. The first-order valence-corrected chi connectivity index (χ1v) is 8.16. The van der Waals surface area contributed by atoms with E-state index >= 15 is 0 Å². The van der Waals surface area contributed by atoms with Gasteiger partial charge in [0.05, 0.1) is 4.90 Å². The topological polar surface area (TPSA) is 58.4 Å². The van der Waals surface area contributed by atoms with Gasteiger partial charge in [0.1, 0.15) is 11.6 Å². The fourth-order valence-corrected chi connectivity index (χ4v) is 4.15. The summed E-state index contributed by atoms with van der Waals surface area (Å²) >= 11 is 1.93. The predicted molar refractivity (Wildman–Crippen MR) is 79.6 cm³/mol. The van der Waals surface area contributed by atoms with Gasteiger partial charge in [-0.2, -0.15) is 4.98 Å². The molecule has 2 aliphatic rings. The maximum atomic E-state index is 4.80. The Hall–Kier alpha value is -1.34. The summed E-state index contributed by atoms with van der Waals surface area (Å²) in [6.07, 6.45) is 2.31. The first kappa shape index (κ1) is 12.4. The second-order valence-corrected chi connectivity index (χ2v) is 6.39. The molecule has 4 rings (SSSR count). The summed E-state index contributed by atoms with van der Waals surface area (Å²) in [5.74, 6) is 3.99. The van der Waals surface area contributed by atoms with Gasteiger partial charge in [-0.05, 0) is 25.5 Å². The average Bonchev–Trinajstić information content (AvgIpc) is 2.89. The monoisotopic (exact) mass is 290 g/mol. The van der Waals surface area contributed by atoms with E-state index in [1.165, 1.54) is 22.8 Å². The van der Waals surface area contributed by atoms with Crippen LogP contribution >= 0.6 is 11.8 Å². The number of fused-ring (bicyclic) bond motifs is 3. The molecule has 0 saturated carbocycles. The summed E-state index contributed by atoms with van der Waals surface area (Å²) in [5, 5.41) is 11.8. The number of hydrogen-bond donors (Lipinski definition) is 1. The number of piperazine rings is 1. The van der Waals surface area contributed by atoms with Gasteiger partial charge in [0.2, 0.25) is 0 Å². The molecule has 1 fully saturated rings. The zero-order valence-corrected chi connectivity index (χ0v) is 12.4. The van der Waals surface area contributed by atoms with Gasteiger partial charge in [-0.3, -0.25) is 4.40 Å². The molecule has 2 aromatic heterocycles. The standard InChI is InChI=1S/C13H18N6S/c1-9-16-17-13-15-12(18-6-4-14-5-7-18)11-10(19(9)13)3-2-8-20-11/h14H,2-8H2,1H3. The molecule has 2 aromatic rings. The van der Waals surface area contributed by atoms with Crippen LogP contribution in [0.2, 0.25) is 0 Å². The molecule has 2 aliphatic heterocycles. The lowest BCUT2D eigenvalue weighted by Crippen LogP contribution is -2.44. The molecule has 6 nitrogen and oxygen atoms in total. The minimum atomic E-state index is 0.747. The van der Waals surface area contributed by atoms with Crippen molar-refractivity contribution in [2.75, 3.05) is 36.8 Å². The van der Waals surface area contributed by atoms with Crippen molar-refractivity contribution in [3.8, 4) is 0 Å². The zero-order chi connectivity index (χ0) is 13.5. The Kier molecular flexibility index (Phi) is 3.03. The van der Waals surface area contributed by atoms with Crippen LogP contribution in [0, 0.1) is 6.92 Å². The van der Waals surface area contributed by atoms with Gasteiger partial charge in [0.15, 0.2) is 0 Å². The first-order chi connectivity index (χ1) is 9.84. The lowest BCUT2D eigenvalue weighted by atomic mass is 10.2. The van der Waals surface area contributed by atoms with Gasteiger partial charge in [0, 0.05) is 31.9 Å². The van der Waals surface area contributed by atoms with Gasteiger partial charge in [0.25, 0.3) is 5.78 Å². The van der Waals surface area contributed by atoms with Crippen LogP contribution in [0.5, 0.6) is 0 Å². The molecule has 20 heavy (non-hydrogen) atoms. The molecule has 0 aromatic carbocycles. The quantitative estimate of drug-likeness (QED) is 0.841. The molecule has 1 saturated heterocycles. The molecule has 0 bridgehead atoms. The molecule has 0 aliphatic carbocycles. The molecule has 106 valence electrons. The van der Waals surface area contributed by atoms with Crippen molar-refractivity contribution in [1.82, 2.24) is 24.9 Å². The van der Waals surface area contributed by atoms with Gasteiger partial charge >= 0.3 is 0 Å². The summed E-state index contributed by atoms with van der Waals surface area (Å²) in [6, 6.07) is 0. The Morgan fingerprint density at radius 1 is 1.20 bits per heavy atom. The number of nitrogens with zero attached hydrogens (tertiary/aromatic N) is 5. The average molecular weight is 290 g/mol. The smallest absolute Gasteiger partial charge is 0.257 e. The van der Waals surface area contributed by atoms with Crippen LogP contribution in [0.3, 0.4) is 0 Å². The minimum absolute atomic E-state index is 0.747. The number of hydrogen-bond acceptors (Lipinski definition) is 6. The minimum Gasteiger partial charge on any atom is -0.353 e. The molecule has 0 radical (unpaired) electrons. The van der Waals surface area contributed by atoms with Crippen molar-refractivity contribution in [2.24, 2.45) is 0 Å². The third-order valence-electron chi connectivity index (χ3n) is 3.97. The van der Waals surface area contributed by atoms with Crippen molar-refractivity contribution < 1.29 is 0 Å². The van der Waals surface area contributed by atoms with Gasteiger partial charge in [-0.1, -0.05) is 0 Å². The van der Waals surface area contributed by atoms with Gasteiger partial charge in [-0.15, -0.1) is 22.0 Å². The third kappa shape index (κ3) is 1.88. The van der Waals surface area contributed by atoms with Crippen molar-refractivity contribution >= 4 is 23.4 Å². The lowest BCUT2D eigenvalue weighted by Gasteiger charge is -2.31. The fourth-order valence-electron chi connectivity index (χ4n) is 2.99. The number of nitrogens with one attached hydrogen (secondary N) is 1. The number of aryl methyl sites for hydroxylation is 2. The molecule has 0 unspecified atom stereocenters. The van der Waals surface area contributed by atoms with Crippen LogP contribution in [0.25, 0.3) is 5.78 Å².